The van der Waals surface area contributed by atoms with Crippen LogP contribution in [0.15, 0.2) is 11.4 Å². The van der Waals surface area contributed by atoms with E-state index < -0.39 is 0 Å². The summed E-state index contributed by atoms with van der Waals surface area (Å²) in [5, 5.41) is 6.44. The molecule has 3 nitrogen and oxygen atoms in total. The number of anilines is 1. The molecule has 1 N–H and O–H groups in total. The maximum atomic E-state index is 4.46. The second kappa shape index (κ2) is 6.12. The van der Waals surface area contributed by atoms with Crippen molar-refractivity contribution < 1.29 is 0 Å². The molecule has 2 aromatic heterocycles. The van der Waals surface area contributed by atoms with E-state index in [1.807, 2.05) is 0 Å². The van der Waals surface area contributed by atoms with Gasteiger partial charge in [-0.25, -0.2) is 4.98 Å². The first kappa shape index (κ1) is 12.5. The van der Waals surface area contributed by atoms with Crippen molar-refractivity contribution in [3.8, 4) is 0 Å². The van der Waals surface area contributed by atoms with E-state index in [9.17, 15) is 0 Å². The van der Waals surface area contributed by atoms with Crippen LogP contribution in [0.3, 0.4) is 0 Å². The van der Waals surface area contributed by atoms with Gasteiger partial charge >= 0.3 is 0 Å². The van der Waals surface area contributed by atoms with Crippen molar-refractivity contribution in [3.63, 3.8) is 0 Å². The highest BCUT2D eigenvalue weighted by Gasteiger charge is 2.05. The van der Waals surface area contributed by atoms with Crippen LogP contribution in [0.2, 0.25) is 0 Å². The van der Waals surface area contributed by atoms with Crippen molar-refractivity contribution in [2.24, 2.45) is 0 Å². The normalized spacial score (nSPS) is 10.7. The van der Waals surface area contributed by atoms with E-state index in [2.05, 4.69) is 40.0 Å². The zero-order valence-electron chi connectivity index (χ0n) is 10.2. The Kier molecular flexibility index (Phi) is 4.50. The molecule has 0 aromatic carbocycles. The standard InChI is InChI=1S/C12H17N3S2/c1-3-5-11-14-12(17-15-11)13-8-10-9(4-2)6-7-16-10/h6-7H,3-5,8H2,1-2H3,(H,13,14,15). The van der Waals surface area contributed by atoms with Crippen molar-refractivity contribution >= 4 is 28.0 Å². The predicted octanol–water partition coefficient (Wildman–Crippen LogP) is 3.73. The monoisotopic (exact) mass is 267 g/mol. The quantitative estimate of drug-likeness (QED) is 0.866. The van der Waals surface area contributed by atoms with Gasteiger partial charge in [0.05, 0.1) is 6.54 Å². The minimum atomic E-state index is 0.863. The Morgan fingerprint density at radius 3 is 3.00 bits per heavy atom. The average Bonchev–Trinajstić information content (AvgIpc) is 2.95. The molecule has 0 atom stereocenters. The fourth-order valence-corrected chi connectivity index (χ4v) is 3.17. The van der Waals surface area contributed by atoms with Gasteiger partial charge in [-0.1, -0.05) is 13.8 Å². The lowest BCUT2D eigenvalue weighted by atomic mass is 10.2. The second-order valence-electron chi connectivity index (χ2n) is 3.84. The van der Waals surface area contributed by atoms with Crippen molar-refractivity contribution in [3.05, 3.63) is 27.7 Å². The van der Waals surface area contributed by atoms with Crippen LogP contribution in [0.25, 0.3) is 0 Å². The van der Waals surface area contributed by atoms with Crippen molar-refractivity contribution in [1.29, 1.82) is 0 Å². The molecule has 2 rings (SSSR count). The van der Waals surface area contributed by atoms with Crippen LogP contribution in [0.5, 0.6) is 0 Å². The van der Waals surface area contributed by atoms with Crippen LogP contribution in [0.1, 0.15) is 36.5 Å². The van der Waals surface area contributed by atoms with Crippen LogP contribution < -0.4 is 5.32 Å². The zero-order valence-corrected chi connectivity index (χ0v) is 11.8. The van der Waals surface area contributed by atoms with E-state index in [-0.39, 0.29) is 0 Å². The van der Waals surface area contributed by atoms with E-state index >= 15 is 0 Å². The van der Waals surface area contributed by atoms with Gasteiger partial charge in [-0.3, -0.25) is 0 Å². The Labute approximate surface area is 110 Å². The molecule has 0 unspecified atom stereocenters. The molecule has 2 aromatic rings. The molecule has 0 amide bonds. The number of rotatable bonds is 6. The number of nitrogens with one attached hydrogen (secondary N) is 1. The highest BCUT2D eigenvalue weighted by atomic mass is 32.1. The molecule has 0 aliphatic heterocycles. The number of aryl methyl sites for hydroxylation is 2. The summed E-state index contributed by atoms with van der Waals surface area (Å²) in [6.45, 7) is 5.20. The van der Waals surface area contributed by atoms with Crippen molar-refractivity contribution in [2.45, 2.75) is 39.7 Å². The van der Waals surface area contributed by atoms with Gasteiger partial charge in [0.25, 0.3) is 0 Å². The first-order chi connectivity index (χ1) is 8.33. The fourth-order valence-electron chi connectivity index (χ4n) is 1.64. The summed E-state index contributed by atoms with van der Waals surface area (Å²) in [7, 11) is 0. The van der Waals surface area contributed by atoms with Crippen molar-refractivity contribution in [1.82, 2.24) is 9.36 Å². The summed E-state index contributed by atoms with van der Waals surface area (Å²) in [6.07, 6.45) is 3.16. The molecule has 0 aliphatic carbocycles. The Morgan fingerprint density at radius 2 is 2.24 bits per heavy atom. The lowest BCUT2D eigenvalue weighted by molar-refractivity contribution is 0.861. The molecule has 0 spiro atoms. The first-order valence-electron chi connectivity index (χ1n) is 5.95. The Balaban J connectivity index is 1.93. The van der Waals surface area contributed by atoms with Crippen LogP contribution in [0.4, 0.5) is 5.13 Å². The minimum Gasteiger partial charge on any atom is -0.355 e. The number of hydrogen-bond donors (Lipinski definition) is 1. The maximum Gasteiger partial charge on any atom is 0.202 e. The third-order valence-electron chi connectivity index (χ3n) is 2.56. The number of hydrogen-bond acceptors (Lipinski definition) is 5. The number of thiophene rings is 1. The minimum absolute atomic E-state index is 0.863. The highest BCUT2D eigenvalue weighted by molar-refractivity contribution is 7.10. The summed E-state index contributed by atoms with van der Waals surface area (Å²) >= 11 is 3.26. The second-order valence-corrected chi connectivity index (χ2v) is 5.59. The van der Waals surface area contributed by atoms with Crippen LogP contribution >= 0.6 is 22.9 Å². The topological polar surface area (TPSA) is 37.8 Å². The van der Waals surface area contributed by atoms with Gasteiger partial charge in [-0.05, 0) is 29.9 Å². The van der Waals surface area contributed by atoms with E-state index in [0.29, 0.717) is 0 Å². The SMILES string of the molecule is CCCc1nsc(NCc2sccc2CC)n1. The summed E-state index contributed by atoms with van der Waals surface area (Å²) in [5.74, 6) is 0.960. The molecule has 0 aliphatic rings. The first-order valence-corrected chi connectivity index (χ1v) is 7.60. The van der Waals surface area contributed by atoms with Crippen LogP contribution in [0, 0.1) is 0 Å². The molecule has 0 saturated heterocycles. The van der Waals surface area contributed by atoms with E-state index in [1.165, 1.54) is 22.0 Å². The van der Waals surface area contributed by atoms with Gasteiger partial charge in [0.2, 0.25) is 5.13 Å². The smallest absolute Gasteiger partial charge is 0.202 e. The number of nitrogens with zero attached hydrogens (tertiary/aromatic N) is 2. The third-order valence-corrected chi connectivity index (χ3v) is 4.23. The van der Waals surface area contributed by atoms with Gasteiger partial charge in [0.1, 0.15) is 5.82 Å². The van der Waals surface area contributed by atoms with E-state index in [1.54, 1.807) is 11.3 Å². The lowest BCUT2D eigenvalue weighted by Crippen LogP contribution is -1.99. The molecule has 92 valence electrons. The molecular weight excluding hydrogens is 250 g/mol. The highest BCUT2D eigenvalue weighted by Crippen LogP contribution is 2.20. The van der Waals surface area contributed by atoms with Gasteiger partial charge in [0, 0.05) is 22.8 Å². The van der Waals surface area contributed by atoms with Crippen LogP contribution in [-0.2, 0) is 19.4 Å². The Hall–Kier alpha value is -0.940. The van der Waals surface area contributed by atoms with E-state index in [0.717, 1.165) is 36.8 Å². The molecule has 17 heavy (non-hydrogen) atoms. The van der Waals surface area contributed by atoms with Crippen LogP contribution in [-0.4, -0.2) is 9.36 Å². The molecular formula is C12H17N3S2. The third kappa shape index (κ3) is 3.26. The summed E-state index contributed by atoms with van der Waals surface area (Å²) in [4.78, 5) is 5.86. The van der Waals surface area contributed by atoms with Gasteiger partial charge in [-0.15, -0.1) is 11.3 Å². The molecule has 0 fully saturated rings. The van der Waals surface area contributed by atoms with Gasteiger partial charge < -0.3 is 5.32 Å². The molecule has 2 heterocycles. The summed E-state index contributed by atoms with van der Waals surface area (Å²) in [5.41, 5.74) is 1.43. The molecule has 5 heteroatoms. The Morgan fingerprint density at radius 1 is 1.35 bits per heavy atom. The fraction of sp³-hybridized carbons (Fsp3) is 0.500. The largest absolute Gasteiger partial charge is 0.355 e. The predicted molar refractivity (Wildman–Crippen MR) is 74.9 cm³/mol. The summed E-state index contributed by atoms with van der Waals surface area (Å²) in [6, 6.07) is 2.20. The van der Waals surface area contributed by atoms with Crippen molar-refractivity contribution in [2.75, 3.05) is 5.32 Å². The van der Waals surface area contributed by atoms with E-state index in [4.69, 9.17) is 0 Å². The Bertz CT molecular complexity index is 462. The number of aromatic nitrogens is 2. The lowest BCUT2D eigenvalue weighted by Gasteiger charge is -2.02. The molecule has 0 radical (unpaired) electrons. The summed E-state index contributed by atoms with van der Waals surface area (Å²) < 4.78 is 4.32. The zero-order chi connectivity index (χ0) is 12.1. The maximum absolute atomic E-state index is 4.46. The molecule has 0 bridgehead atoms. The molecule has 0 saturated carbocycles. The van der Waals surface area contributed by atoms with Gasteiger partial charge in [0.15, 0.2) is 0 Å². The van der Waals surface area contributed by atoms with Gasteiger partial charge in [-0.2, -0.15) is 4.37 Å². The average molecular weight is 267 g/mol.